The molecule has 86 valence electrons. The second-order valence-corrected chi connectivity index (χ2v) is 4.98. The van der Waals surface area contributed by atoms with Gasteiger partial charge in [0.05, 0.1) is 0 Å². The van der Waals surface area contributed by atoms with Gasteiger partial charge in [0, 0.05) is 25.0 Å². The van der Waals surface area contributed by atoms with E-state index < -0.39 is 0 Å². The van der Waals surface area contributed by atoms with Crippen molar-refractivity contribution in [2.75, 3.05) is 13.1 Å². The molecule has 0 atom stereocenters. The van der Waals surface area contributed by atoms with Gasteiger partial charge in [0.15, 0.2) is 0 Å². The topological polar surface area (TPSA) is 58.4 Å². The molecule has 0 spiro atoms. The third kappa shape index (κ3) is 2.92. The van der Waals surface area contributed by atoms with E-state index in [2.05, 4.69) is 5.43 Å². The highest BCUT2D eigenvalue weighted by Crippen LogP contribution is 2.31. The number of hydrogen-bond acceptors (Lipinski definition) is 3. The van der Waals surface area contributed by atoms with E-state index in [0.717, 1.165) is 25.9 Å². The largest absolute Gasteiger partial charge is 0.325 e. The maximum absolute atomic E-state index is 11.7. The number of amides is 1. The Morgan fingerprint density at radius 3 is 2.40 bits per heavy atom. The van der Waals surface area contributed by atoms with E-state index in [1.165, 1.54) is 25.7 Å². The van der Waals surface area contributed by atoms with Crippen LogP contribution in [0.5, 0.6) is 0 Å². The highest BCUT2D eigenvalue weighted by molar-refractivity contribution is 5.76. The molecule has 1 heterocycles. The molecule has 0 bridgehead atoms. The van der Waals surface area contributed by atoms with E-state index in [9.17, 15) is 4.79 Å². The number of hydrogen-bond donors (Lipinski definition) is 2. The van der Waals surface area contributed by atoms with Crippen LogP contribution in [0.4, 0.5) is 0 Å². The number of nitrogens with one attached hydrogen (secondary N) is 1. The zero-order valence-electron chi connectivity index (χ0n) is 9.30. The first kappa shape index (κ1) is 10.9. The Kier molecular flexibility index (Phi) is 3.26. The predicted octanol–water partition coefficient (Wildman–Crippen LogP) is 0.775. The summed E-state index contributed by atoms with van der Waals surface area (Å²) in [5.41, 5.74) is 8.79. The molecular formula is C11H21N3O. The van der Waals surface area contributed by atoms with Crippen molar-refractivity contribution in [1.29, 1.82) is 0 Å². The lowest BCUT2D eigenvalue weighted by Crippen LogP contribution is -2.53. The number of carbonyl (C=O) groups excluding carboxylic acids is 1. The third-order valence-corrected chi connectivity index (χ3v) is 3.50. The first-order chi connectivity index (χ1) is 7.18. The molecular weight excluding hydrogens is 190 g/mol. The molecule has 3 N–H and O–H groups in total. The summed E-state index contributed by atoms with van der Waals surface area (Å²) in [5.74, 6) is 0.0964. The van der Waals surface area contributed by atoms with Crippen LogP contribution in [0.3, 0.4) is 0 Å². The van der Waals surface area contributed by atoms with Crippen molar-refractivity contribution < 1.29 is 4.79 Å². The molecule has 2 aliphatic rings. The smallest absolute Gasteiger partial charge is 0.236 e. The van der Waals surface area contributed by atoms with E-state index in [0.29, 0.717) is 6.42 Å². The minimum atomic E-state index is -0.195. The highest BCUT2D eigenvalue weighted by atomic mass is 16.2. The zero-order chi connectivity index (χ0) is 10.7. The van der Waals surface area contributed by atoms with Crippen LogP contribution in [0.2, 0.25) is 0 Å². The van der Waals surface area contributed by atoms with Crippen LogP contribution >= 0.6 is 0 Å². The molecule has 0 aromatic heterocycles. The molecule has 4 heteroatoms. The summed E-state index contributed by atoms with van der Waals surface area (Å²) in [6.07, 6.45) is 7.33. The predicted molar refractivity (Wildman–Crippen MR) is 59.0 cm³/mol. The normalized spacial score (nSPS) is 25.7. The monoisotopic (exact) mass is 211 g/mol. The van der Waals surface area contributed by atoms with Crippen molar-refractivity contribution >= 4 is 5.91 Å². The van der Waals surface area contributed by atoms with E-state index in [1.807, 2.05) is 5.01 Å². The Morgan fingerprint density at radius 1 is 1.20 bits per heavy atom. The van der Waals surface area contributed by atoms with Gasteiger partial charge >= 0.3 is 0 Å². The van der Waals surface area contributed by atoms with E-state index in [4.69, 9.17) is 5.73 Å². The molecule has 0 aromatic rings. The van der Waals surface area contributed by atoms with Crippen LogP contribution in [0, 0.1) is 0 Å². The van der Waals surface area contributed by atoms with Gasteiger partial charge in [-0.15, -0.1) is 0 Å². The summed E-state index contributed by atoms with van der Waals surface area (Å²) in [4.78, 5) is 11.7. The summed E-state index contributed by atoms with van der Waals surface area (Å²) in [5, 5.41) is 2.04. The van der Waals surface area contributed by atoms with Crippen molar-refractivity contribution in [3.05, 3.63) is 0 Å². The Hall–Kier alpha value is -0.610. The van der Waals surface area contributed by atoms with Crippen molar-refractivity contribution in [1.82, 2.24) is 10.4 Å². The quantitative estimate of drug-likeness (QED) is 0.725. The van der Waals surface area contributed by atoms with Crippen molar-refractivity contribution in [3.63, 3.8) is 0 Å². The molecule has 1 aliphatic carbocycles. The van der Waals surface area contributed by atoms with Crippen LogP contribution in [0.25, 0.3) is 0 Å². The first-order valence-electron chi connectivity index (χ1n) is 6.01. The van der Waals surface area contributed by atoms with Crippen LogP contribution in [0.15, 0.2) is 0 Å². The lowest BCUT2D eigenvalue weighted by atomic mass is 9.75. The molecule has 0 unspecified atom stereocenters. The van der Waals surface area contributed by atoms with Gasteiger partial charge in [-0.05, 0) is 32.1 Å². The fourth-order valence-electron chi connectivity index (χ4n) is 2.35. The highest BCUT2D eigenvalue weighted by Gasteiger charge is 2.34. The molecule has 1 saturated heterocycles. The van der Waals surface area contributed by atoms with Crippen molar-refractivity contribution in [3.8, 4) is 0 Å². The Balaban J connectivity index is 1.71. The molecule has 4 nitrogen and oxygen atoms in total. The first-order valence-corrected chi connectivity index (χ1v) is 6.01. The molecule has 15 heavy (non-hydrogen) atoms. The molecule has 2 fully saturated rings. The van der Waals surface area contributed by atoms with Gasteiger partial charge in [0.2, 0.25) is 5.91 Å². The average Bonchev–Trinajstić information content (AvgIpc) is 2.16. The SMILES string of the molecule is NC1(CC(=O)NN2CCCCC2)CCC1. The van der Waals surface area contributed by atoms with Gasteiger partial charge in [0.1, 0.15) is 0 Å². The van der Waals surface area contributed by atoms with Gasteiger partial charge in [-0.3, -0.25) is 10.2 Å². The van der Waals surface area contributed by atoms with Crippen LogP contribution in [-0.2, 0) is 4.79 Å². The molecule has 1 saturated carbocycles. The van der Waals surface area contributed by atoms with E-state index in [1.54, 1.807) is 0 Å². The van der Waals surface area contributed by atoms with Crippen molar-refractivity contribution in [2.24, 2.45) is 5.73 Å². The van der Waals surface area contributed by atoms with Crippen LogP contribution in [0.1, 0.15) is 44.9 Å². The zero-order valence-corrected chi connectivity index (χ0v) is 9.30. The van der Waals surface area contributed by atoms with E-state index >= 15 is 0 Å². The number of nitrogens with zero attached hydrogens (tertiary/aromatic N) is 1. The maximum Gasteiger partial charge on any atom is 0.236 e. The van der Waals surface area contributed by atoms with Gasteiger partial charge in [0.25, 0.3) is 0 Å². The third-order valence-electron chi connectivity index (χ3n) is 3.50. The summed E-state index contributed by atoms with van der Waals surface area (Å²) >= 11 is 0. The standard InChI is InChI=1S/C11H21N3O/c12-11(5-4-6-11)9-10(15)13-14-7-2-1-3-8-14/h1-9,12H2,(H,13,15). The molecule has 1 aliphatic heterocycles. The summed E-state index contributed by atoms with van der Waals surface area (Å²) in [7, 11) is 0. The molecule has 0 aromatic carbocycles. The maximum atomic E-state index is 11.7. The molecule has 1 amide bonds. The lowest BCUT2D eigenvalue weighted by Gasteiger charge is -2.38. The second kappa shape index (κ2) is 4.49. The van der Waals surface area contributed by atoms with Gasteiger partial charge in [-0.2, -0.15) is 0 Å². The number of rotatable bonds is 3. The molecule has 2 rings (SSSR count). The fourth-order valence-corrected chi connectivity index (χ4v) is 2.35. The van der Waals surface area contributed by atoms with Gasteiger partial charge < -0.3 is 5.73 Å². The molecule has 0 radical (unpaired) electrons. The minimum absolute atomic E-state index is 0.0964. The lowest BCUT2D eigenvalue weighted by molar-refractivity contribution is -0.128. The average molecular weight is 211 g/mol. The Bertz CT molecular complexity index is 232. The fraction of sp³-hybridized carbons (Fsp3) is 0.909. The second-order valence-electron chi connectivity index (χ2n) is 4.98. The van der Waals surface area contributed by atoms with Crippen molar-refractivity contribution in [2.45, 2.75) is 50.5 Å². The van der Waals surface area contributed by atoms with Gasteiger partial charge in [-0.25, -0.2) is 5.01 Å². The summed E-state index contributed by atoms with van der Waals surface area (Å²) in [6.45, 7) is 1.98. The number of piperidine rings is 1. The summed E-state index contributed by atoms with van der Waals surface area (Å²) < 4.78 is 0. The Labute approximate surface area is 91.2 Å². The minimum Gasteiger partial charge on any atom is -0.325 e. The number of carbonyl (C=O) groups is 1. The van der Waals surface area contributed by atoms with Gasteiger partial charge in [-0.1, -0.05) is 6.42 Å². The number of hydrazine groups is 1. The summed E-state index contributed by atoms with van der Waals surface area (Å²) in [6, 6.07) is 0. The Morgan fingerprint density at radius 2 is 1.87 bits per heavy atom. The number of nitrogens with two attached hydrogens (primary N) is 1. The van der Waals surface area contributed by atoms with Crippen LogP contribution in [-0.4, -0.2) is 29.5 Å². The van der Waals surface area contributed by atoms with Crippen LogP contribution < -0.4 is 11.2 Å². The van der Waals surface area contributed by atoms with E-state index in [-0.39, 0.29) is 11.4 Å².